The topological polar surface area (TPSA) is 61.2 Å². The first-order chi connectivity index (χ1) is 11.8. The van der Waals surface area contributed by atoms with E-state index in [1.54, 1.807) is 12.1 Å². The van der Waals surface area contributed by atoms with Crippen molar-refractivity contribution in [1.29, 1.82) is 5.26 Å². The molecule has 4 nitrogen and oxygen atoms in total. The molecule has 0 saturated carbocycles. The van der Waals surface area contributed by atoms with Gasteiger partial charge in [-0.15, -0.1) is 0 Å². The summed E-state index contributed by atoms with van der Waals surface area (Å²) in [5.41, 5.74) is 1.33. The largest absolute Gasteiger partial charge is 0.243 e. The molecule has 0 spiro atoms. The number of nitrogens with zero attached hydrogens (tertiary/aromatic N) is 2. The molecule has 0 unspecified atom stereocenters. The Bertz CT molecular complexity index is 847. The molecule has 132 valence electrons. The van der Waals surface area contributed by atoms with Crippen molar-refractivity contribution in [3.8, 4) is 17.2 Å². The Morgan fingerprint density at radius 3 is 2.20 bits per heavy atom. The first kappa shape index (κ1) is 19.2. The van der Waals surface area contributed by atoms with Crippen LogP contribution in [0.3, 0.4) is 0 Å². The molecule has 2 aromatic carbocycles. The average Bonchev–Trinajstić information content (AvgIpc) is 2.58. The van der Waals surface area contributed by atoms with Crippen LogP contribution in [0.1, 0.15) is 27.2 Å². The van der Waals surface area contributed by atoms with E-state index in [1.807, 2.05) is 69.3 Å². The molecule has 5 heteroatoms. The average molecular weight is 356 g/mol. The van der Waals surface area contributed by atoms with E-state index >= 15 is 0 Å². The number of hydrogen-bond acceptors (Lipinski definition) is 3. The van der Waals surface area contributed by atoms with E-state index in [0.717, 1.165) is 5.56 Å². The third-order valence-electron chi connectivity index (χ3n) is 3.71. The van der Waals surface area contributed by atoms with Gasteiger partial charge in [0, 0.05) is 25.1 Å². The highest BCUT2D eigenvalue weighted by atomic mass is 32.2. The van der Waals surface area contributed by atoms with E-state index in [1.165, 1.54) is 4.31 Å². The Balaban J connectivity index is 2.52. The number of benzene rings is 2. The molecule has 0 radical (unpaired) electrons. The molecule has 0 heterocycles. The van der Waals surface area contributed by atoms with E-state index in [0.29, 0.717) is 12.1 Å². The van der Waals surface area contributed by atoms with Gasteiger partial charge in [0.1, 0.15) is 0 Å². The van der Waals surface area contributed by atoms with Gasteiger partial charge in [-0.2, -0.15) is 9.57 Å². The van der Waals surface area contributed by atoms with E-state index in [9.17, 15) is 8.42 Å². The number of rotatable bonds is 6. The van der Waals surface area contributed by atoms with Crippen LogP contribution < -0.4 is 0 Å². The maximum absolute atomic E-state index is 13.3. The Morgan fingerprint density at radius 2 is 1.60 bits per heavy atom. The van der Waals surface area contributed by atoms with Crippen LogP contribution in [0.2, 0.25) is 0 Å². The molecule has 0 atom stereocenters. The molecule has 0 aromatic heterocycles. The highest BCUT2D eigenvalue weighted by Gasteiger charge is 2.30. The first-order valence-electron chi connectivity index (χ1n) is 8.27. The summed E-state index contributed by atoms with van der Waals surface area (Å²) in [6.07, 6.45) is 0.169. The lowest BCUT2D eigenvalue weighted by atomic mass is 9.97. The zero-order valence-electron chi connectivity index (χ0n) is 14.9. The second-order valence-electron chi connectivity index (χ2n) is 7.17. The maximum Gasteiger partial charge on any atom is 0.243 e. The van der Waals surface area contributed by atoms with E-state index in [4.69, 9.17) is 5.26 Å². The van der Waals surface area contributed by atoms with E-state index < -0.39 is 10.0 Å². The number of nitriles is 1. The van der Waals surface area contributed by atoms with Crippen LogP contribution in [-0.4, -0.2) is 25.8 Å². The van der Waals surface area contributed by atoms with Gasteiger partial charge in [0.25, 0.3) is 0 Å². The van der Waals surface area contributed by atoms with Gasteiger partial charge in [0.15, 0.2) is 0 Å². The predicted octanol–water partition coefficient (Wildman–Crippen LogP) is 4.30. The summed E-state index contributed by atoms with van der Waals surface area (Å²) >= 11 is 0. The lowest BCUT2D eigenvalue weighted by molar-refractivity contribution is 0.285. The smallest absolute Gasteiger partial charge is 0.207 e. The summed E-state index contributed by atoms with van der Waals surface area (Å²) in [4.78, 5) is 0.281. The van der Waals surface area contributed by atoms with Gasteiger partial charge in [-0.1, -0.05) is 69.3 Å². The van der Waals surface area contributed by atoms with E-state index in [-0.39, 0.29) is 23.3 Å². The quantitative estimate of drug-likeness (QED) is 0.775. The molecular formula is C20H24N2O2S. The van der Waals surface area contributed by atoms with Crippen LogP contribution in [0.15, 0.2) is 59.5 Å². The minimum absolute atomic E-state index is 0.169. The number of sulfonamides is 1. The Morgan fingerprint density at radius 1 is 1.00 bits per heavy atom. The van der Waals surface area contributed by atoms with Crippen molar-refractivity contribution < 1.29 is 8.42 Å². The lowest BCUT2D eigenvalue weighted by Crippen LogP contribution is -2.38. The summed E-state index contributed by atoms with van der Waals surface area (Å²) in [7, 11) is -3.70. The predicted molar refractivity (Wildman–Crippen MR) is 100 cm³/mol. The van der Waals surface area contributed by atoms with Gasteiger partial charge in [-0.3, -0.25) is 0 Å². The maximum atomic E-state index is 13.3. The summed E-state index contributed by atoms with van der Waals surface area (Å²) in [5, 5.41) is 8.91. The van der Waals surface area contributed by atoms with Crippen LogP contribution in [-0.2, 0) is 10.0 Å². The standard InChI is InChI=1S/C20H24N2O2S/c1-20(2,3)16-22(15-9-14-21)25(23,24)19-13-8-7-12-18(19)17-10-5-4-6-11-17/h4-8,10-13H,9,15-16H2,1-3H3. The van der Waals surface area contributed by atoms with Crippen LogP contribution in [0, 0.1) is 16.7 Å². The molecule has 25 heavy (non-hydrogen) atoms. The Labute approximate surface area is 150 Å². The van der Waals surface area contributed by atoms with Crippen molar-refractivity contribution in [1.82, 2.24) is 4.31 Å². The minimum atomic E-state index is -3.70. The van der Waals surface area contributed by atoms with Crippen molar-refractivity contribution in [2.45, 2.75) is 32.1 Å². The molecule has 0 aliphatic rings. The molecule has 0 N–H and O–H groups in total. The van der Waals surface area contributed by atoms with Gasteiger partial charge in [0.2, 0.25) is 10.0 Å². The molecule has 0 amide bonds. The molecule has 2 aromatic rings. The van der Waals surface area contributed by atoms with Crippen molar-refractivity contribution in [3.63, 3.8) is 0 Å². The minimum Gasteiger partial charge on any atom is -0.207 e. The molecule has 0 bridgehead atoms. The summed E-state index contributed by atoms with van der Waals surface area (Å²) in [5.74, 6) is 0. The van der Waals surface area contributed by atoms with Crippen LogP contribution in [0.25, 0.3) is 11.1 Å². The summed E-state index contributed by atoms with van der Waals surface area (Å²) < 4.78 is 28.1. The Kier molecular flexibility index (Phi) is 5.99. The SMILES string of the molecule is CC(C)(C)CN(CCC#N)S(=O)(=O)c1ccccc1-c1ccccc1. The van der Waals surface area contributed by atoms with Crippen LogP contribution in [0.4, 0.5) is 0 Å². The van der Waals surface area contributed by atoms with Crippen molar-refractivity contribution in [3.05, 3.63) is 54.6 Å². The van der Waals surface area contributed by atoms with Crippen molar-refractivity contribution in [2.24, 2.45) is 5.41 Å². The highest BCUT2D eigenvalue weighted by molar-refractivity contribution is 7.89. The zero-order chi connectivity index (χ0) is 18.5. The van der Waals surface area contributed by atoms with Crippen molar-refractivity contribution in [2.75, 3.05) is 13.1 Å². The molecular weight excluding hydrogens is 332 g/mol. The monoisotopic (exact) mass is 356 g/mol. The third kappa shape index (κ3) is 4.91. The third-order valence-corrected chi connectivity index (χ3v) is 5.62. The van der Waals surface area contributed by atoms with Crippen LogP contribution in [0.5, 0.6) is 0 Å². The van der Waals surface area contributed by atoms with Gasteiger partial charge in [-0.05, 0) is 17.0 Å². The fourth-order valence-electron chi connectivity index (χ4n) is 2.67. The second kappa shape index (κ2) is 7.81. The first-order valence-corrected chi connectivity index (χ1v) is 9.71. The molecule has 0 fully saturated rings. The van der Waals surface area contributed by atoms with Gasteiger partial charge >= 0.3 is 0 Å². The second-order valence-corrected chi connectivity index (χ2v) is 9.08. The molecule has 0 aliphatic heterocycles. The fraction of sp³-hybridized carbons (Fsp3) is 0.350. The molecule has 0 saturated heterocycles. The summed E-state index contributed by atoms with van der Waals surface area (Å²) in [6, 6.07) is 18.6. The number of hydrogen-bond donors (Lipinski definition) is 0. The molecule has 0 aliphatic carbocycles. The van der Waals surface area contributed by atoms with Gasteiger partial charge in [0.05, 0.1) is 11.0 Å². The highest BCUT2D eigenvalue weighted by Crippen LogP contribution is 2.30. The van der Waals surface area contributed by atoms with Crippen LogP contribution >= 0.6 is 0 Å². The van der Waals surface area contributed by atoms with Gasteiger partial charge in [-0.25, -0.2) is 8.42 Å². The zero-order valence-corrected chi connectivity index (χ0v) is 15.8. The molecule has 2 rings (SSSR count). The fourth-order valence-corrected chi connectivity index (χ4v) is 4.56. The Hall–Kier alpha value is -2.16. The summed E-state index contributed by atoms with van der Waals surface area (Å²) in [6.45, 7) is 6.53. The lowest BCUT2D eigenvalue weighted by Gasteiger charge is -2.29. The normalized spacial score (nSPS) is 12.1. The van der Waals surface area contributed by atoms with Gasteiger partial charge < -0.3 is 0 Å². The van der Waals surface area contributed by atoms with E-state index in [2.05, 4.69) is 0 Å². The van der Waals surface area contributed by atoms with Crippen molar-refractivity contribution >= 4 is 10.0 Å².